The molecule has 3 rings (SSSR count). The summed E-state index contributed by atoms with van der Waals surface area (Å²) < 4.78 is 17.4. The van der Waals surface area contributed by atoms with Gasteiger partial charge in [-0.15, -0.1) is 0 Å². The van der Waals surface area contributed by atoms with Gasteiger partial charge in [-0.25, -0.2) is 4.39 Å². The summed E-state index contributed by atoms with van der Waals surface area (Å²) in [5, 5.41) is 3.17. The summed E-state index contributed by atoms with van der Waals surface area (Å²) in [5.74, 6) is 0.451. The Balaban J connectivity index is 2.04. The topological polar surface area (TPSA) is 36.4 Å². The molecule has 1 heterocycles. The number of hydrogen-bond acceptors (Lipinski definition) is 2. The molecule has 0 amide bonds. The first-order valence-corrected chi connectivity index (χ1v) is 7.53. The van der Waals surface area contributed by atoms with Crippen molar-refractivity contribution in [3.05, 3.63) is 58.9 Å². The van der Waals surface area contributed by atoms with Crippen LogP contribution in [0.1, 0.15) is 16.7 Å². The second-order valence-electron chi connectivity index (χ2n) is 4.90. The number of guanidine groups is 1. The Labute approximate surface area is 127 Å². The van der Waals surface area contributed by atoms with Crippen LogP contribution in [0.15, 0.2) is 46.3 Å². The van der Waals surface area contributed by atoms with Gasteiger partial charge in [0.05, 0.1) is 10.6 Å². The second-order valence-corrected chi connectivity index (χ2v) is 5.75. The highest BCUT2D eigenvalue weighted by Gasteiger charge is 2.20. The van der Waals surface area contributed by atoms with Crippen molar-refractivity contribution in [2.75, 3.05) is 12.4 Å². The highest BCUT2D eigenvalue weighted by molar-refractivity contribution is 7.98. The fourth-order valence-corrected chi connectivity index (χ4v) is 3.10. The minimum Gasteiger partial charge on any atom is -0.324 e. The van der Waals surface area contributed by atoms with E-state index in [-0.39, 0.29) is 5.82 Å². The number of aryl methyl sites for hydroxylation is 1. The smallest absolute Gasteiger partial charge is 0.206 e. The lowest BCUT2D eigenvalue weighted by Gasteiger charge is -2.23. The number of nitrogens with one attached hydrogen (secondary N) is 2. The molecule has 0 aliphatic carbocycles. The van der Waals surface area contributed by atoms with Gasteiger partial charge in [0.2, 0.25) is 5.96 Å². The van der Waals surface area contributed by atoms with Crippen molar-refractivity contribution in [3.63, 3.8) is 0 Å². The number of rotatable bonds is 2. The molecule has 3 nitrogen and oxygen atoms in total. The van der Waals surface area contributed by atoms with Gasteiger partial charge in [0.1, 0.15) is 5.82 Å². The number of anilines is 1. The fourth-order valence-electron chi connectivity index (χ4n) is 2.34. The van der Waals surface area contributed by atoms with E-state index >= 15 is 0 Å². The Morgan fingerprint density at radius 3 is 2.76 bits per heavy atom. The second kappa shape index (κ2) is 5.77. The van der Waals surface area contributed by atoms with Crippen LogP contribution in [-0.2, 0) is 6.42 Å². The summed E-state index contributed by atoms with van der Waals surface area (Å²) in [6.07, 6.45) is 0.562. The Morgan fingerprint density at radius 2 is 2.00 bits per heavy atom. The van der Waals surface area contributed by atoms with Gasteiger partial charge in [0, 0.05) is 19.0 Å². The highest BCUT2D eigenvalue weighted by atomic mass is 32.2. The van der Waals surface area contributed by atoms with Crippen LogP contribution in [0.25, 0.3) is 0 Å². The monoisotopic (exact) mass is 301 g/mol. The van der Waals surface area contributed by atoms with Gasteiger partial charge in [-0.2, -0.15) is 0 Å². The lowest BCUT2D eigenvalue weighted by Crippen LogP contribution is -2.30. The third-order valence-electron chi connectivity index (χ3n) is 3.57. The summed E-state index contributed by atoms with van der Waals surface area (Å²) in [7, 11) is 1.70. The maximum Gasteiger partial charge on any atom is 0.206 e. The molecular formula is C16H16FN3S. The van der Waals surface area contributed by atoms with Crippen LogP contribution in [0.4, 0.5) is 10.1 Å². The van der Waals surface area contributed by atoms with E-state index in [1.807, 2.05) is 31.2 Å². The molecule has 1 aliphatic heterocycles. The van der Waals surface area contributed by atoms with Crippen molar-refractivity contribution in [1.29, 1.82) is 0 Å². The zero-order valence-corrected chi connectivity index (χ0v) is 12.7. The first-order valence-electron chi connectivity index (χ1n) is 6.71. The molecular weight excluding hydrogens is 285 g/mol. The average molecular weight is 301 g/mol. The predicted molar refractivity (Wildman–Crippen MR) is 86.4 cm³/mol. The molecule has 2 N–H and O–H groups in total. The maximum atomic E-state index is 14.3. The van der Waals surface area contributed by atoms with Crippen molar-refractivity contribution in [3.8, 4) is 0 Å². The number of aliphatic imine (C=N–C) groups is 1. The molecule has 21 heavy (non-hydrogen) atoms. The lowest BCUT2D eigenvalue weighted by atomic mass is 9.99. The molecule has 0 aromatic heterocycles. The van der Waals surface area contributed by atoms with E-state index in [4.69, 9.17) is 0 Å². The Kier molecular flexibility index (Phi) is 3.84. The number of nitrogens with zero attached hydrogens (tertiary/aromatic N) is 1. The van der Waals surface area contributed by atoms with Crippen LogP contribution < -0.4 is 10.0 Å². The zero-order valence-electron chi connectivity index (χ0n) is 11.9. The van der Waals surface area contributed by atoms with Gasteiger partial charge in [-0.05, 0) is 42.1 Å². The van der Waals surface area contributed by atoms with Crippen LogP contribution >= 0.6 is 11.9 Å². The maximum absolute atomic E-state index is 14.3. The lowest BCUT2D eigenvalue weighted by molar-refractivity contribution is 0.613. The molecule has 0 unspecified atom stereocenters. The van der Waals surface area contributed by atoms with E-state index in [9.17, 15) is 4.39 Å². The molecule has 0 bridgehead atoms. The van der Waals surface area contributed by atoms with Crippen LogP contribution in [0, 0.1) is 12.7 Å². The van der Waals surface area contributed by atoms with Gasteiger partial charge < -0.3 is 5.32 Å². The summed E-state index contributed by atoms with van der Waals surface area (Å²) in [5.41, 5.74) is 3.78. The highest BCUT2D eigenvalue weighted by Crippen LogP contribution is 2.35. The molecule has 0 atom stereocenters. The molecule has 0 saturated carbocycles. The van der Waals surface area contributed by atoms with Crippen LogP contribution in [0.5, 0.6) is 0 Å². The summed E-state index contributed by atoms with van der Waals surface area (Å²) in [6.45, 7) is 2.05. The van der Waals surface area contributed by atoms with E-state index in [0.717, 1.165) is 16.1 Å². The van der Waals surface area contributed by atoms with E-state index < -0.39 is 0 Å². The van der Waals surface area contributed by atoms with Gasteiger partial charge in [0.25, 0.3) is 0 Å². The Hall–Kier alpha value is -2.01. The molecule has 0 spiro atoms. The first kappa shape index (κ1) is 13.9. The van der Waals surface area contributed by atoms with Crippen molar-refractivity contribution >= 4 is 23.6 Å². The molecule has 2 aromatic carbocycles. The van der Waals surface area contributed by atoms with Crippen molar-refractivity contribution < 1.29 is 4.39 Å². The normalized spacial score (nSPS) is 15.3. The minimum absolute atomic E-state index is 0.192. The van der Waals surface area contributed by atoms with Gasteiger partial charge in [0.15, 0.2) is 0 Å². The minimum atomic E-state index is -0.192. The van der Waals surface area contributed by atoms with Gasteiger partial charge >= 0.3 is 0 Å². The van der Waals surface area contributed by atoms with E-state index in [1.165, 1.54) is 23.6 Å². The number of halogens is 1. The van der Waals surface area contributed by atoms with Gasteiger partial charge in [-0.1, -0.05) is 24.3 Å². The predicted octanol–water partition coefficient (Wildman–Crippen LogP) is 3.73. The van der Waals surface area contributed by atoms with E-state index in [0.29, 0.717) is 17.9 Å². The molecule has 108 valence electrons. The van der Waals surface area contributed by atoms with Crippen molar-refractivity contribution in [2.45, 2.75) is 18.2 Å². The Bertz CT molecular complexity index is 713. The van der Waals surface area contributed by atoms with Crippen LogP contribution in [0.2, 0.25) is 0 Å². The quantitative estimate of drug-likeness (QED) is 0.830. The number of benzene rings is 2. The third-order valence-corrected chi connectivity index (χ3v) is 4.43. The van der Waals surface area contributed by atoms with Crippen molar-refractivity contribution in [2.24, 2.45) is 4.99 Å². The molecule has 1 aliphatic rings. The van der Waals surface area contributed by atoms with Crippen LogP contribution in [-0.4, -0.2) is 13.0 Å². The van der Waals surface area contributed by atoms with Crippen molar-refractivity contribution in [1.82, 2.24) is 4.72 Å². The molecule has 0 fully saturated rings. The van der Waals surface area contributed by atoms with E-state index in [2.05, 4.69) is 15.0 Å². The fraction of sp³-hybridized carbons (Fsp3) is 0.188. The first-order chi connectivity index (χ1) is 10.2. The number of fused-ring (bicyclic) bond motifs is 1. The molecule has 0 saturated heterocycles. The van der Waals surface area contributed by atoms with Crippen LogP contribution in [0.3, 0.4) is 0 Å². The third kappa shape index (κ3) is 2.74. The summed E-state index contributed by atoms with van der Waals surface area (Å²) in [6, 6.07) is 11.4. The van der Waals surface area contributed by atoms with E-state index in [1.54, 1.807) is 13.1 Å². The number of hydrogen-bond donors (Lipinski definition) is 2. The molecule has 2 aromatic rings. The Morgan fingerprint density at radius 1 is 1.19 bits per heavy atom. The SMILES string of the molecule is CN=C1NSc2ccc(F)c(Cc3ccccc3C)c2N1. The standard InChI is InChI=1S/C16H16FN3S/c1-10-5-3-4-6-11(10)9-12-13(17)7-8-14-15(12)19-16(18-2)20-21-14/h3-8H,9H2,1-2H3,(H2,18,19,20). The largest absolute Gasteiger partial charge is 0.324 e. The summed E-state index contributed by atoms with van der Waals surface area (Å²) in [4.78, 5) is 5.07. The molecule has 5 heteroatoms. The summed E-state index contributed by atoms with van der Waals surface area (Å²) >= 11 is 1.45. The van der Waals surface area contributed by atoms with Gasteiger partial charge in [-0.3, -0.25) is 9.71 Å². The average Bonchev–Trinajstić information content (AvgIpc) is 2.51. The zero-order chi connectivity index (χ0) is 14.8. The molecule has 0 radical (unpaired) electrons.